The zero-order valence-electron chi connectivity index (χ0n) is 11.0. The van der Waals surface area contributed by atoms with Crippen molar-refractivity contribution in [2.75, 3.05) is 13.7 Å². The van der Waals surface area contributed by atoms with Crippen LogP contribution in [-0.2, 0) is 16.1 Å². The number of aliphatic carboxylic acids is 1. The van der Waals surface area contributed by atoms with Crippen LogP contribution in [0.25, 0.3) is 0 Å². The molecule has 104 valence electrons. The van der Waals surface area contributed by atoms with Crippen LogP contribution < -0.4 is 0 Å². The Bertz CT molecular complexity index is 495. The second-order valence-electron chi connectivity index (χ2n) is 4.84. The molecular weight excluding hydrogens is 250 g/mol. The lowest BCUT2D eigenvalue weighted by Gasteiger charge is -2.30. The summed E-state index contributed by atoms with van der Waals surface area (Å²) in [5, 5.41) is 9.28. The number of furan rings is 1. The molecule has 1 amide bonds. The van der Waals surface area contributed by atoms with Crippen LogP contribution in [0.15, 0.2) is 16.5 Å². The number of methoxy groups -OCH3 is 1. The molecule has 6 heteroatoms. The maximum Gasteiger partial charge on any atom is 0.329 e. The number of likely N-dealkylation sites (tertiary alicyclic amines) is 1. The van der Waals surface area contributed by atoms with E-state index in [-0.39, 0.29) is 18.3 Å². The second-order valence-corrected chi connectivity index (χ2v) is 4.84. The Hall–Kier alpha value is -1.82. The lowest BCUT2D eigenvalue weighted by Crippen LogP contribution is -2.50. The Morgan fingerprint density at radius 3 is 2.89 bits per heavy atom. The van der Waals surface area contributed by atoms with Crippen molar-refractivity contribution in [3.05, 3.63) is 23.7 Å². The molecule has 1 fully saturated rings. The van der Waals surface area contributed by atoms with Gasteiger partial charge in [-0.15, -0.1) is 0 Å². The van der Waals surface area contributed by atoms with Crippen LogP contribution in [0.1, 0.15) is 36.1 Å². The third-order valence-electron chi connectivity index (χ3n) is 3.51. The Labute approximate surface area is 110 Å². The van der Waals surface area contributed by atoms with Gasteiger partial charge in [0.25, 0.3) is 5.91 Å². The first-order valence-electron chi connectivity index (χ1n) is 6.12. The molecule has 1 aromatic heterocycles. The SMILES string of the molecule is COCc1ccc(C(=O)N2CCCC2(C)C(=O)O)o1. The number of hydrogen-bond donors (Lipinski definition) is 1. The molecule has 1 N–H and O–H groups in total. The number of hydrogen-bond acceptors (Lipinski definition) is 4. The average Bonchev–Trinajstić information content (AvgIpc) is 2.96. The molecule has 6 nitrogen and oxygen atoms in total. The summed E-state index contributed by atoms with van der Waals surface area (Å²) in [6.07, 6.45) is 1.14. The molecule has 0 spiro atoms. The van der Waals surface area contributed by atoms with Crippen LogP contribution in [0.3, 0.4) is 0 Å². The van der Waals surface area contributed by atoms with Crippen molar-refractivity contribution in [2.45, 2.75) is 31.9 Å². The summed E-state index contributed by atoms with van der Waals surface area (Å²) < 4.78 is 10.3. The first kappa shape index (κ1) is 13.6. The summed E-state index contributed by atoms with van der Waals surface area (Å²) in [5.41, 5.74) is -1.15. The fourth-order valence-corrected chi connectivity index (χ4v) is 2.36. The summed E-state index contributed by atoms with van der Waals surface area (Å²) in [7, 11) is 1.53. The van der Waals surface area contributed by atoms with Gasteiger partial charge in [-0.1, -0.05) is 0 Å². The maximum atomic E-state index is 12.3. The summed E-state index contributed by atoms with van der Waals surface area (Å²) in [6, 6.07) is 3.21. The Morgan fingerprint density at radius 2 is 2.26 bits per heavy atom. The fourth-order valence-electron chi connectivity index (χ4n) is 2.36. The number of carboxylic acid groups (broad SMARTS) is 1. The molecule has 19 heavy (non-hydrogen) atoms. The van der Waals surface area contributed by atoms with Gasteiger partial charge in [0.2, 0.25) is 0 Å². The van der Waals surface area contributed by atoms with Crippen molar-refractivity contribution < 1.29 is 23.8 Å². The van der Waals surface area contributed by atoms with Crippen molar-refractivity contribution in [3.63, 3.8) is 0 Å². The highest BCUT2D eigenvalue weighted by atomic mass is 16.5. The molecule has 0 saturated carbocycles. The van der Waals surface area contributed by atoms with Gasteiger partial charge in [0.15, 0.2) is 5.76 Å². The Morgan fingerprint density at radius 1 is 1.53 bits per heavy atom. The van der Waals surface area contributed by atoms with Gasteiger partial charge in [-0.25, -0.2) is 4.79 Å². The van der Waals surface area contributed by atoms with Gasteiger partial charge in [0.1, 0.15) is 17.9 Å². The van der Waals surface area contributed by atoms with Gasteiger partial charge in [0.05, 0.1) is 0 Å². The number of amides is 1. The van der Waals surface area contributed by atoms with Gasteiger partial charge >= 0.3 is 5.97 Å². The summed E-state index contributed by atoms with van der Waals surface area (Å²) in [4.78, 5) is 25.0. The van der Waals surface area contributed by atoms with Crippen LogP contribution in [0.2, 0.25) is 0 Å². The largest absolute Gasteiger partial charge is 0.480 e. The molecule has 1 aliphatic heterocycles. The van der Waals surface area contributed by atoms with Crippen LogP contribution >= 0.6 is 0 Å². The predicted molar refractivity (Wildman–Crippen MR) is 65.7 cm³/mol. The van der Waals surface area contributed by atoms with Gasteiger partial charge in [-0.3, -0.25) is 4.79 Å². The van der Waals surface area contributed by atoms with E-state index in [4.69, 9.17) is 9.15 Å². The standard InChI is InChI=1S/C13H17NO5/c1-13(12(16)17)6-3-7-14(13)11(15)10-5-4-9(19-10)8-18-2/h4-5H,3,6-8H2,1-2H3,(H,16,17). The van der Waals surface area contributed by atoms with Crippen molar-refractivity contribution >= 4 is 11.9 Å². The highest BCUT2D eigenvalue weighted by Crippen LogP contribution is 2.31. The van der Waals surface area contributed by atoms with Gasteiger partial charge in [-0.05, 0) is 31.9 Å². The van der Waals surface area contributed by atoms with Crippen molar-refractivity contribution in [2.24, 2.45) is 0 Å². The zero-order valence-corrected chi connectivity index (χ0v) is 11.0. The smallest absolute Gasteiger partial charge is 0.329 e. The van der Waals surface area contributed by atoms with Crippen LogP contribution in [0, 0.1) is 0 Å². The van der Waals surface area contributed by atoms with E-state index < -0.39 is 11.5 Å². The van der Waals surface area contributed by atoms with Gasteiger partial charge in [-0.2, -0.15) is 0 Å². The number of carbonyl (C=O) groups is 2. The van der Waals surface area contributed by atoms with E-state index >= 15 is 0 Å². The fraction of sp³-hybridized carbons (Fsp3) is 0.538. The van der Waals surface area contributed by atoms with Crippen molar-refractivity contribution in [3.8, 4) is 0 Å². The molecule has 2 heterocycles. The van der Waals surface area contributed by atoms with Crippen LogP contribution in [0.4, 0.5) is 0 Å². The first-order valence-corrected chi connectivity index (χ1v) is 6.12. The molecule has 0 bridgehead atoms. The van der Waals surface area contributed by atoms with Gasteiger partial charge in [0, 0.05) is 13.7 Å². The summed E-state index contributed by atoms with van der Waals surface area (Å²) >= 11 is 0. The molecular formula is C13H17NO5. The van der Waals surface area contributed by atoms with Crippen LogP contribution in [-0.4, -0.2) is 41.1 Å². The van der Waals surface area contributed by atoms with E-state index in [1.807, 2.05) is 0 Å². The minimum atomic E-state index is -1.15. The Kier molecular flexibility index (Phi) is 3.61. The molecule has 1 aromatic rings. The lowest BCUT2D eigenvalue weighted by molar-refractivity contribution is -0.147. The highest BCUT2D eigenvalue weighted by Gasteiger charge is 2.46. The van der Waals surface area contributed by atoms with Crippen molar-refractivity contribution in [1.29, 1.82) is 0 Å². The average molecular weight is 267 g/mol. The number of rotatable bonds is 4. The molecule has 0 aromatic carbocycles. The lowest BCUT2D eigenvalue weighted by atomic mass is 9.99. The van der Waals surface area contributed by atoms with E-state index in [9.17, 15) is 14.7 Å². The number of carbonyl (C=O) groups excluding carboxylic acids is 1. The third kappa shape index (κ3) is 2.35. The van der Waals surface area contributed by atoms with E-state index in [0.29, 0.717) is 25.1 Å². The molecule has 1 atom stereocenters. The van der Waals surface area contributed by atoms with Gasteiger partial charge < -0.3 is 19.2 Å². The van der Waals surface area contributed by atoms with E-state index in [1.165, 1.54) is 12.0 Å². The number of nitrogens with zero attached hydrogens (tertiary/aromatic N) is 1. The maximum absolute atomic E-state index is 12.3. The summed E-state index contributed by atoms with van der Waals surface area (Å²) in [5.74, 6) is -0.671. The number of carboxylic acids is 1. The number of ether oxygens (including phenoxy) is 1. The molecule has 2 rings (SSSR count). The van der Waals surface area contributed by atoms with E-state index in [2.05, 4.69) is 0 Å². The molecule has 1 aliphatic rings. The minimum Gasteiger partial charge on any atom is -0.480 e. The highest BCUT2D eigenvalue weighted by molar-refractivity contribution is 5.96. The van der Waals surface area contributed by atoms with Crippen molar-refractivity contribution in [1.82, 2.24) is 4.90 Å². The van der Waals surface area contributed by atoms with E-state index in [1.54, 1.807) is 19.1 Å². The predicted octanol–water partition coefficient (Wildman–Crippen LogP) is 1.51. The first-order chi connectivity index (χ1) is 8.99. The normalized spacial score (nSPS) is 22.7. The summed E-state index contributed by atoms with van der Waals surface area (Å²) in [6.45, 7) is 2.28. The van der Waals surface area contributed by atoms with Crippen LogP contribution in [0.5, 0.6) is 0 Å². The monoisotopic (exact) mass is 267 g/mol. The Balaban J connectivity index is 2.20. The quantitative estimate of drug-likeness (QED) is 0.894. The third-order valence-corrected chi connectivity index (χ3v) is 3.51. The molecule has 1 unspecified atom stereocenters. The molecule has 0 radical (unpaired) electrons. The topological polar surface area (TPSA) is 80.0 Å². The second kappa shape index (κ2) is 5.05. The molecule has 0 aliphatic carbocycles. The molecule has 1 saturated heterocycles. The zero-order chi connectivity index (χ0) is 14.0. The van der Waals surface area contributed by atoms with E-state index in [0.717, 1.165) is 0 Å². The minimum absolute atomic E-state index is 0.154.